The maximum atomic E-state index is 11.6. The number of thiol groups is 1. The van der Waals surface area contributed by atoms with Crippen molar-refractivity contribution in [2.45, 2.75) is 71.3 Å². The molecule has 0 radical (unpaired) electrons. The van der Waals surface area contributed by atoms with Gasteiger partial charge in [0.25, 0.3) is 0 Å². The molecule has 0 aromatic carbocycles. The van der Waals surface area contributed by atoms with Gasteiger partial charge in [0.1, 0.15) is 0 Å². The fourth-order valence-electron chi connectivity index (χ4n) is 1.74. The Morgan fingerprint density at radius 1 is 0.950 bits per heavy atom. The van der Waals surface area contributed by atoms with Crippen molar-refractivity contribution in [3.8, 4) is 0 Å². The molecule has 2 amide bonds. The minimum absolute atomic E-state index is 0.0473. The Kier molecular flexibility index (Phi) is 10.6. The van der Waals surface area contributed by atoms with Crippen molar-refractivity contribution in [2.24, 2.45) is 0 Å². The highest BCUT2D eigenvalue weighted by Gasteiger charge is 2.25. The second-order valence-corrected chi connectivity index (χ2v) is 6.21. The summed E-state index contributed by atoms with van der Waals surface area (Å²) in [5, 5.41) is 5.47. The molecular weight excluding hydrogens is 272 g/mol. The number of hydrogen-bond acceptors (Lipinski definition) is 3. The Balaban J connectivity index is 3.47. The smallest absolute Gasteiger partial charge is 0.315 e. The summed E-state index contributed by atoms with van der Waals surface area (Å²) in [7, 11) is 0. The van der Waals surface area contributed by atoms with E-state index in [4.69, 9.17) is 0 Å². The van der Waals surface area contributed by atoms with Crippen LogP contribution in [0.5, 0.6) is 0 Å². The van der Waals surface area contributed by atoms with Crippen LogP contribution in [0.15, 0.2) is 0 Å². The lowest BCUT2D eigenvalue weighted by Crippen LogP contribution is -2.52. The number of carbonyl (C=O) groups is 2. The van der Waals surface area contributed by atoms with Crippen LogP contribution in [0.2, 0.25) is 0 Å². The molecule has 0 bridgehead atoms. The van der Waals surface area contributed by atoms with Gasteiger partial charge in [0, 0.05) is 6.54 Å². The third-order valence-electron chi connectivity index (χ3n) is 3.43. The van der Waals surface area contributed by atoms with Crippen molar-refractivity contribution in [1.82, 2.24) is 10.6 Å². The number of urea groups is 1. The molecule has 4 nitrogen and oxygen atoms in total. The van der Waals surface area contributed by atoms with E-state index in [1.165, 1.54) is 39.0 Å². The first-order valence-electron chi connectivity index (χ1n) is 7.58. The van der Waals surface area contributed by atoms with Crippen LogP contribution in [0.4, 0.5) is 4.79 Å². The van der Waals surface area contributed by atoms with Gasteiger partial charge in [0.05, 0.1) is 5.54 Å². The summed E-state index contributed by atoms with van der Waals surface area (Å²) in [5.41, 5.74) is -0.795. The average Bonchev–Trinajstić information content (AvgIpc) is 2.36. The molecule has 0 aromatic rings. The topological polar surface area (TPSA) is 58.2 Å². The summed E-state index contributed by atoms with van der Waals surface area (Å²) >= 11 is 4.19. The fourth-order valence-corrected chi connectivity index (χ4v) is 1.96. The van der Waals surface area contributed by atoms with Crippen molar-refractivity contribution in [2.75, 3.05) is 12.3 Å². The number of Topliss-reactive ketones (excluding diaryl/α,β-unsaturated/α-hetero) is 1. The maximum Gasteiger partial charge on any atom is 0.315 e. The SMILES string of the molecule is CC(=O)C(C)(C)NC(=O)NCCCCCCCCCS. The molecule has 0 spiro atoms. The van der Waals surface area contributed by atoms with Gasteiger partial charge in [0.15, 0.2) is 5.78 Å². The third-order valence-corrected chi connectivity index (χ3v) is 3.74. The van der Waals surface area contributed by atoms with Crippen LogP contribution in [0.3, 0.4) is 0 Å². The van der Waals surface area contributed by atoms with E-state index in [2.05, 4.69) is 23.3 Å². The Hall–Kier alpha value is -0.710. The normalized spacial score (nSPS) is 11.2. The molecule has 0 aliphatic heterocycles. The average molecular weight is 302 g/mol. The number of carbonyl (C=O) groups excluding carboxylic acids is 2. The van der Waals surface area contributed by atoms with Crippen LogP contribution in [0.25, 0.3) is 0 Å². The fraction of sp³-hybridized carbons (Fsp3) is 0.867. The number of amides is 2. The first-order chi connectivity index (χ1) is 9.40. The van der Waals surface area contributed by atoms with Crippen molar-refractivity contribution in [3.05, 3.63) is 0 Å². The Bertz CT molecular complexity index is 294. The molecule has 0 rings (SSSR count). The zero-order valence-electron chi connectivity index (χ0n) is 13.1. The van der Waals surface area contributed by atoms with Crippen LogP contribution in [0, 0.1) is 0 Å². The highest BCUT2D eigenvalue weighted by atomic mass is 32.1. The van der Waals surface area contributed by atoms with Crippen LogP contribution in [-0.4, -0.2) is 29.7 Å². The molecule has 0 saturated carbocycles. The molecule has 118 valence electrons. The third kappa shape index (κ3) is 10.1. The Morgan fingerprint density at radius 2 is 1.45 bits per heavy atom. The zero-order chi connectivity index (χ0) is 15.4. The molecule has 20 heavy (non-hydrogen) atoms. The number of hydrogen-bond donors (Lipinski definition) is 3. The summed E-state index contributed by atoms with van der Waals surface area (Å²) < 4.78 is 0. The van der Waals surface area contributed by atoms with Gasteiger partial charge in [-0.2, -0.15) is 12.6 Å². The Labute approximate surface area is 128 Å². The molecular formula is C15H30N2O2S. The minimum atomic E-state index is -0.795. The van der Waals surface area contributed by atoms with Gasteiger partial charge in [0.2, 0.25) is 0 Å². The van der Waals surface area contributed by atoms with E-state index >= 15 is 0 Å². The lowest BCUT2D eigenvalue weighted by Gasteiger charge is -2.23. The van der Waals surface area contributed by atoms with E-state index in [1.807, 2.05) is 0 Å². The van der Waals surface area contributed by atoms with Gasteiger partial charge in [-0.25, -0.2) is 4.79 Å². The van der Waals surface area contributed by atoms with E-state index in [0.717, 1.165) is 18.6 Å². The monoisotopic (exact) mass is 302 g/mol. The highest BCUT2D eigenvalue weighted by molar-refractivity contribution is 7.80. The van der Waals surface area contributed by atoms with Crippen LogP contribution < -0.4 is 10.6 Å². The molecule has 2 N–H and O–H groups in total. The largest absolute Gasteiger partial charge is 0.338 e. The minimum Gasteiger partial charge on any atom is -0.338 e. The summed E-state index contributed by atoms with van der Waals surface area (Å²) in [6.45, 7) is 5.56. The standard InChI is InChI=1S/C15H30N2O2S/c1-13(18)15(2,3)17-14(19)16-11-9-7-5-4-6-8-10-12-20/h20H,4-12H2,1-3H3,(H2,16,17,19). The number of ketones is 1. The zero-order valence-corrected chi connectivity index (χ0v) is 14.0. The van der Waals surface area contributed by atoms with Crippen molar-refractivity contribution in [3.63, 3.8) is 0 Å². The van der Waals surface area contributed by atoms with Gasteiger partial charge in [-0.3, -0.25) is 4.79 Å². The van der Waals surface area contributed by atoms with E-state index < -0.39 is 5.54 Å². The number of unbranched alkanes of at least 4 members (excludes halogenated alkanes) is 6. The second kappa shape index (κ2) is 11.0. The van der Waals surface area contributed by atoms with Crippen molar-refractivity contribution in [1.29, 1.82) is 0 Å². The van der Waals surface area contributed by atoms with E-state index in [9.17, 15) is 9.59 Å². The molecule has 5 heteroatoms. The molecule has 0 heterocycles. The summed E-state index contributed by atoms with van der Waals surface area (Å²) in [4.78, 5) is 22.9. The number of nitrogens with one attached hydrogen (secondary N) is 2. The van der Waals surface area contributed by atoms with Crippen molar-refractivity contribution >= 4 is 24.4 Å². The summed E-state index contributed by atoms with van der Waals surface area (Å²) in [6, 6.07) is -0.265. The Morgan fingerprint density at radius 3 is 1.95 bits per heavy atom. The van der Waals surface area contributed by atoms with E-state index in [0.29, 0.717) is 6.54 Å². The maximum absolute atomic E-state index is 11.6. The first-order valence-corrected chi connectivity index (χ1v) is 8.21. The van der Waals surface area contributed by atoms with Crippen LogP contribution in [0.1, 0.15) is 65.7 Å². The van der Waals surface area contributed by atoms with E-state index in [1.54, 1.807) is 13.8 Å². The molecule has 0 aliphatic rings. The molecule has 0 aromatic heterocycles. The summed E-state index contributed by atoms with van der Waals surface area (Å²) in [6.07, 6.45) is 8.35. The number of rotatable bonds is 11. The quantitative estimate of drug-likeness (QED) is 0.405. The molecule has 0 saturated heterocycles. The first kappa shape index (κ1) is 19.3. The van der Waals surface area contributed by atoms with Crippen molar-refractivity contribution < 1.29 is 9.59 Å². The molecule has 0 unspecified atom stereocenters. The van der Waals surface area contributed by atoms with Gasteiger partial charge in [-0.15, -0.1) is 0 Å². The van der Waals surface area contributed by atoms with E-state index in [-0.39, 0.29) is 11.8 Å². The molecule has 0 aliphatic carbocycles. The van der Waals surface area contributed by atoms with Crippen LogP contribution >= 0.6 is 12.6 Å². The molecule has 0 atom stereocenters. The lowest BCUT2D eigenvalue weighted by molar-refractivity contribution is -0.121. The predicted octanol–water partition coefficient (Wildman–Crippen LogP) is 3.31. The second-order valence-electron chi connectivity index (χ2n) is 5.76. The predicted molar refractivity (Wildman–Crippen MR) is 87.5 cm³/mol. The molecule has 0 fully saturated rings. The van der Waals surface area contributed by atoms with Gasteiger partial charge < -0.3 is 10.6 Å². The van der Waals surface area contributed by atoms with Gasteiger partial charge >= 0.3 is 6.03 Å². The summed E-state index contributed by atoms with van der Waals surface area (Å²) in [5.74, 6) is 0.934. The highest BCUT2D eigenvalue weighted by Crippen LogP contribution is 2.07. The van der Waals surface area contributed by atoms with Gasteiger partial charge in [-0.1, -0.05) is 32.1 Å². The van der Waals surface area contributed by atoms with Crippen LogP contribution in [-0.2, 0) is 4.79 Å². The van der Waals surface area contributed by atoms with Gasteiger partial charge in [-0.05, 0) is 39.4 Å². The lowest BCUT2D eigenvalue weighted by atomic mass is 10.0.